The number of rotatable bonds is 3. The molecule has 2 aromatic rings. The van der Waals surface area contributed by atoms with Gasteiger partial charge < -0.3 is 9.67 Å². The summed E-state index contributed by atoms with van der Waals surface area (Å²) >= 11 is 0. The first kappa shape index (κ1) is 15.4. The molecule has 2 rings (SSSR count). The minimum atomic E-state index is -3.82. The summed E-state index contributed by atoms with van der Waals surface area (Å²) < 4.78 is 28.4. The molecule has 1 aromatic heterocycles. The topological polar surface area (TPSA) is 84.2 Å². The summed E-state index contributed by atoms with van der Waals surface area (Å²) in [4.78, 5) is 3.82. The molecule has 0 radical (unpaired) electrons. The van der Waals surface area contributed by atoms with Crippen LogP contribution in [0.25, 0.3) is 0 Å². The SMILES string of the molecule is Cn1cnc(S(=O)(=O)Nc2cc(C(C)(C)C)ccc2O)c1. The standard InChI is InChI=1S/C14H19N3O3S/c1-14(2,3)10-5-6-12(18)11(7-10)16-21(19,20)13-8-17(4)9-15-13/h5-9,16,18H,1-4H3. The van der Waals surface area contributed by atoms with E-state index in [0.717, 1.165) is 5.56 Å². The van der Waals surface area contributed by atoms with Gasteiger partial charge >= 0.3 is 0 Å². The number of aromatic nitrogens is 2. The maximum Gasteiger partial charge on any atom is 0.281 e. The number of aromatic hydroxyl groups is 1. The third-order valence-electron chi connectivity index (χ3n) is 3.06. The van der Waals surface area contributed by atoms with Gasteiger partial charge in [0, 0.05) is 13.2 Å². The van der Waals surface area contributed by atoms with E-state index in [1.54, 1.807) is 23.7 Å². The Labute approximate surface area is 124 Å². The predicted molar refractivity (Wildman–Crippen MR) is 80.8 cm³/mol. The molecule has 1 heterocycles. The molecule has 0 fully saturated rings. The Kier molecular flexibility index (Phi) is 3.71. The molecule has 0 aliphatic carbocycles. The molecule has 0 aliphatic heterocycles. The third-order valence-corrected chi connectivity index (χ3v) is 4.31. The zero-order valence-corrected chi connectivity index (χ0v) is 13.3. The molecular weight excluding hydrogens is 290 g/mol. The van der Waals surface area contributed by atoms with Crippen molar-refractivity contribution in [3.8, 4) is 5.75 Å². The number of phenols is 1. The first-order chi connectivity index (χ1) is 9.59. The quantitative estimate of drug-likeness (QED) is 0.852. The van der Waals surface area contributed by atoms with E-state index >= 15 is 0 Å². The molecule has 0 saturated carbocycles. The van der Waals surface area contributed by atoms with Crippen LogP contribution < -0.4 is 4.72 Å². The van der Waals surface area contributed by atoms with Crippen LogP contribution in [0.2, 0.25) is 0 Å². The van der Waals surface area contributed by atoms with Crippen LogP contribution in [0.1, 0.15) is 26.3 Å². The molecule has 6 nitrogen and oxygen atoms in total. The van der Waals surface area contributed by atoms with Crippen molar-refractivity contribution in [2.24, 2.45) is 7.05 Å². The van der Waals surface area contributed by atoms with Gasteiger partial charge in [-0.15, -0.1) is 0 Å². The Hall–Kier alpha value is -2.02. The van der Waals surface area contributed by atoms with Gasteiger partial charge in [0.15, 0.2) is 5.03 Å². The number of imidazole rings is 1. The molecular formula is C14H19N3O3S. The van der Waals surface area contributed by atoms with Crippen LogP contribution in [0, 0.1) is 0 Å². The summed E-state index contributed by atoms with van der Waals surface area (Å²) in [5.41, 5.74) is 0.908. The number of anilines is 1. The van der Waals surface area contributed by atoms with E-state index in [1.807, 2.05) is 20.8 Å². The number of phenolic OH excluding ortho intramolecular Hbond substituents is 1. The van der Waals surface area contributed by atoms with Crippen LogP contribution in [0.4, 0.5) is 5.69 Å². The van der Waals surface area contributed by atoms with Crippen LogP contribution in [0.3, 0.4) is 0 Å². The number of hydrogen-bond acceptors (Lipinski definition) is 4. The lowest BCUT2D eigenvalue weighted by molar-refractivity contribution is 0.476. The minimum Gasteiger partial charge on any atom is -0.506 e. The fourth-order valence-electron chi connectivity index (χ4n) is 1.81. The first-order valence-corrected chi connectivity index (χ1v) is 7.92. The predicted octanol–water partition coefficient (Wildman–Crippen LogP) is 2.22. The van der Waals surface area contributed by atoms with Crippen LogP contribution in [-0.2, 0) is 22.5 Å². The van der Waals surface area contributed by atoms with Gasteiger partial charge in [0.1, 0.15) is 5.75 Å². The fourth-order valence-corrected chi connectivity index (χ4v) is 2.86. The third kappa shape index (κ3) is 3.36. The van der Waals surface area contributed by atoms with E-state index in [-0.39, 0.29) is 21.9 Å². The Morgan fingerprint density at radius 3 is 2.48 bits per heavy atom. The number of hydrogen-bond donors (Lipinski definition) is 2. The Morgan fingerprint density at radius 1 is 1.29 bits per heavy atom. The van der Waals surface area contributed by atoms with Crippen LogP contribution >= 0.6 is 0 Å². The molecule has 1 aromatic carbocycles. The largest absolute Gasteiger partial charge is 0.506 e. The van der Waals surface area contributed by atoms with Crippen molar-refractivity contribution in [2.75, 3.05) is 4.72 Å². The van der Waals surface area contributed by atoms with Crippen molar-refractivity contribution >= 4 is 15.7 Å². The summed E-state index contributed by atoms with van der Waals surface area (Å²) in [6.45, 7) is 6.03. The molecule has 2 N–H and O–H groups in total. The fraction of sp³-hybridized carbons (Fsp3) is 0.357. The first-order valence-electron chi connectivity index (χ1n) is 6.44. The lowest BCUT2D eigenvalue weighted by atomic mass is 9.87. The molecule has 0 bridgehead atoms. The van der Waals surface area contributed by atoms with E-state index in [0.29, 0.717) is 0 Å². The van der Waals surface area contributed by atoms with Crippen LogP contribution in [0.15, 0.2) is 35.7 Å². The van der Waals surface area contributed by atoms with Crippen LogP contribution in [0.5, 0.6) is 5.75 Å². The van der Waals surface area contributed by atoms with Gasteiger partial charge in [-0.2, -0.15) is 8.42 Å². The molecule has 21 heavy (non-hydrogen) atoms. The van der Waals surface area contributed by atoms with Gasteiger partial charge in [-0.1, -0.05) is 26.8 Å². The van der Waals surface area contributed by atoms with Gasteiger partial charge in [-0.25, -0.2) is 4.98 Å². The van der Waals surface area contributed by atoms with Gasteiger partial charge in [0.25, 0.3) is 10.0 Å². The monoisotopic (exact) mass is 309 g/mol. The Balaban J connectivity index is 2.39. The molecule has 0 unspecified atom stereocenters. The molecule has 7 heteroatoms. The maximum absolute atomic E-state index is 12.2. The Bertz CT molecular complexity index is 758. The normalized spacial score (nSPS) is 12.4. The molecule has 114 valence electrons. The maximum atomic E-state index is 12.2. The minimum absolute atomic E-state index is 0.0921. The average molecular weight is 309 g/mol. The van der Waals surface area contributed by atoms with E-state index in [1.165, 1.54) is 18.6 Å². The van der Waals surface area contributed by atoms with Crippen molar-refractivity contribution in [2.45, 2.75) is 31.2 Å². The molecule has 0 aliphatic rings. The van der Waals surface area contributed by atoms with Crippen molar-refractivity contribution in [3.05, 3.63) is 36.3 Å². The van der Waals surface area contributed by atoms with Gasteiger partial charge in [0.2, 0.25) is 0 Å². The smallest absolute Gasteiger partial charge is 0.281 e. The number of sulfonamides is 1. The van der Waals surface area contributed by atoms with E-state index in [4.69, 9.17) is 0 Å². The highest BCUT2D eigenvalue weighted by molar-refractivity contribution is 7.92. The summed E-state index contributed by atoms with van der Waals surface area (Å²) in [5.74, 6) is -0.123. The van der Waals surface area contributed by atoms with E-state index < -0.39 is 10.0 Å². The zero-order chi connectivity index (χ0) is 15.8. The van der Waals surface area contributed by atoms with Crippen molar-refractivity contribution in [3.63, 3.8) is 0 Å². The molecule has 0 amide bonds. The number of benzene rings is 1. The van der Waals surface area contributed by atoms with Gasteiger partial charge in [-0.3, -0.25) is 4.72 Å². The highest BCUT2D eigenvalue weighted by Crippen LogP contribution is 2.31. The summed E-state index contributed by atoms with van der Waals surface area (Å²) in [7, 11) is -2.13. The summed E-state index contributed by atoms with van der Waals surface area (Å²) in [5, 5.41) is 9.77. The van der Waals surface area contributed by atoms with Crippen LogP contribution in [-0.4, -0.2) is 23.1 Å². The molecule has 0 spiro atoms. The zero-order valence-electron chi connectivity index (χ0n) is 12.5. The second kappa shape index (κ2) is 5.07. The number of nitrogens with one attached hydrogen (secondary N) is 1. The average Bonchev–Trinajstić information content (AvgIpc) is 2.78. The number of aryl methyl sites for hydroxylation is 1. The lowest BCUT2D eigenvalue weighted by Gasteiger charge is -2.20. The lowest BCUT2D eigenvalue weighted by Crippen LogP contribution is -2.15. The van der Waals surface area contributed by atoms with Crippen molar-refractivity contribution < 1.29 is 13.5 Å². The number of nitrogens with zero attached hydrogens (tertiary/aromatic N) is 2. The van der Waals surface area contributed by atoms with Crippen molar-refractivity contribution in [1.82, 2.24) is 9.55 Å². The second-order valence-electron chi connectivity index (χ2n) is 5.96. The molecule has 0 atom stereocenters. The highest BCUT2D eigenvalue weighted by atomic mass is 32.2. The van der Waals surface area contributed by atoms with Gasteiger partial charge in [-0.05, 0) is 23.1 Å². The van der Waals surface area contributed by atoms with Gasteiger partial charge in [0.05, 0.1) is 12.0 Å². The summed E-state index contributed by atoms with van der Waals surface area (Å²) in [6, 6.07) is 4.89. The highest BCUT2D eigenvalue weighted by Gasteiger charge is 2.21. The summed E-state index contributed by atoms with van der Waals surface area (Å²) in [6.07, 6.45) is 2.80. The Morgan fingerprint density at radius 2 is 1.95 bits per heavy atom. The second-order valence-corrected chi connectivity index (χ2v) is 7.59. The van der Waals surface area contributed by atoms with E-state index in [9.17, 15) is 13.5 Å². The van der Waals surface area contributed by atoms with Crippen molar-refractivity contribution in [1.29, 1.82) is 0 Å². The molecule has 0 saturated heterocycles. The van der Waals surface area contributed by atoms with E-state index in [2.05, 4.69) is 9.71 Å².